The molecule has 0 aliphatic carbocycles. The number of ether oxygens (including phenoxy) is 2. The highest BCUT2D eigenvalue weighted by molar-refractivity contribution is 6.59. The molecular weight excluding hydrogens is 291 g/mol. The molecule has 0 bridgehead atoms. The molecule has 0 saturated carbocycles. The van der Waals surface area contributed by atoms with Gasteiger partial charge in [-0.2, -0.15) is 0 Å². The molecule has 0 atom stereocenters. The van der Waals surface area contributed by atoms with Gasteiger partial charge in [0, 0.05) is 6.54 Å². The van der Waals surface area contributed by atoms with Gasteiger partial charge in [-0.05, 0) is 38.5 Å². The molecule has 1 amide bonds. The zero-order valence-corrected chi connectivity index (χ0v) is 13.8. The smallest absolute Gasteiger partial charge is 0.408 e. The number of nitrogens with zero attached hydrogens (tertiary/aromatic N) is 1. The average molecular weight is 309 g/mol. The number of carbonyl (C=O) groups is 2. The van der Waals surface area contributed by atoms with Crippen LogP contribution in [-0.4, -0.2) is 58.4 Å². The predicted octanol–water partition coefficient (Wildman–Crippen LogP) is 1.33. The number of hydrogen-bond acceptors (Lipinski definition) is 4. The molecule has 0 fully saturated rings. The average Bonchev–Trinajstić information content (AvgIpc) is 2.41. The van der Waals surface area contributed by atoms with E-state index in [-0.39, 0.29) is 6.54 Å². The number of methoxy groups -OCH3 is 1. The Balaban J connectivity index is 2.94. The minimum Gasteiger partial charge on any atom is -0.465 e. The van der Waals surface area contributed by atoms with E-state index in [9.17, 15) is 9.59 Å². The summed E-state index contributed by atoms with van der Waals surface area (Å²) < 4.78 is 9.87. The van der Waals surface area contributed by atoms with Gasteiger partial charge < -0.3 is 14.4 Å². The van der Waals surface area contributed by atoms with Crippen LogP contribution in [0, 0.1) is 0 Å². The van der Waals surface area contributed by atoms with E-state index in [1.165, 1.54) is 7.11 Å². The molecular formula is C15H18B3NO4. The van der Waals surface area contributed by atoms with Crippen LogP contribution < -0.4 is 0 Å². The van der Waals surface area contributed by atoms with E-state index in [1.807, 2.05) is 0 Å². The minimum absolute atomic E-state index is 0.0276. The van der Waals surface area contributed by atoms with Crippen molar-refractivity contribution in [1.29, 1.82) is 0 Å². The van der Waals surface area contributed by atoms with Crippen molar-refractivity contribution in [3.63, 3.8) is 0 Å². The Hall–Kier alpha value is -1.85. The minimum atomic E-state index is -1.89. The summed E-state index contributed by atoms with van der Waals surface area (Å²) in [6.07, 6.45) is -0.734. The van der Waals surface area contributed by atoms with Crippen molar-refractivity contribution in [2.75, 3.05) is 7.11 Å². The first-order valence-electron chi connectivity index (χ1n) is 6.98. The topological polar surface area (TPSA) is 55.8 Å². The summed E-state index contributed by atoms with van der Waals surface area (Å²) in [6, 6.07) is 6.43. The van der Waals surface area contributed by atoms with E-state index in [0.717, 1.165) is 4.90 Å². The predicted molar refractivity (Wildman–Crippen MR) is 89.6 cm³/mol. The maximum Gasteiger partial charge on any atom is 0.408 e. The lowest BCUT2D eigenvalue weighted by molar-refractivity contribution is 0.0224. The first-order valence-corrected chi connectivity index (χ1v) is 6.98. The van der Waals surface area contributed by atoms with Gasteiger partial charge in [0.1, 0.15) is 5.60 Å². The molecule has 116 valence electrons. The molecule has 0 aromatic heterocycles. The zero-order chi connectivity index (χ0) is 17.8. The lowest BCUT2D eigenvalue weighted by atomic mass is 9.48. The van der Waals surface area contributed by atoms with Crippen molar-refractivity contribution in [3.05, 3.63) is 35.4 Å². The van der Waals surface area contributed by atoms with Crippen molar-refractivity contribution in [2.45, 2.75) is 38.2 Å². The maximum absolute atomic E-state index is 12.2. The van der Waals surface area contributed by atoms with Gasteiger partial charge in [0.05, 0.1) is 36.2 Å². The summed E-state index contributed by atoms with van der Waals surface area (Å²) in [5.41, 5.74) is 0.351. The second-order valence-corrected chi connectivity index (χ2v) is 6.14. The third-order valence-corrected chi connectivity index (χ3v) is 2.80. The molecule has 1 aromatic carbocycles. The SMILES string of the molecule is [B]C([B])([B])N(Cc1ccc(C(=O)OC)cc1)C(=O)OC(C)(C)C. The Labute approximate surface area is 140 Å². The lowest BCUT2D eigenvalue weighted by Gasteiger charge is -2.38. The van der Waals surface area contributed by atoms with Gasteiger partial charge in [-0.15, -0.1) is 0 Å². The van der Waals surface area contributed by atoms with Crippen LogP contribution in [0.4, 0.5) is 4.79 Å². The highest BCUT2D eigenvalue weighted by Crippen LogP contribution is 2.17. The van der Waals surface area contributed by atoms with E-state index in [4.69, 9.17) is 28.3 Å². The molecule has 0 saturated heterocycles. The van der Waals surface area contributed by atoms with Gasteiger partial charge in [0.2, 0.25) is 0 Å². The van der Waals surface area contributed by atoms with E-state index < -0.39 is 22.9 Å². The summed E-state index contributed by atoms with van der Waals surface area (Å²) in [5.74, 6) is -0.452. The Morgan fingerprint density at radius 1 is 1.09 bits per heavy atom. The van der Waals surface area contributed by atoms with E-state index in [2.05, 4.69) is 4.74 Å². The normalized spacial score (nSPS) is 11.7. The highest BCUT2D eigenvalue weighted by Gasteiger charge is 2.29. The van der Waals surface area contributed by atoms with Gasteiger partial charge in [0.15, 0.2) is 0 Å². The molecule has 5 nitrogen and oxygen atoms in total. The Morgan fingerprint density at radius 2 is 1.61 bits per heavy atom. The van der Waals surface area contributed by atoms with E-state index >= 15 is 0 Å². The molecule has 23 heavy (non-hydrogen) atoms. The van der Waals surface area contributed by atoms with E-state index in [1.54, 1.807) is 45.0 Å². The second kappa shape index (κ2) is 7.15. The summed E-state index contributed by atoms with van der Waals surface area (Å²) >= 11 is 0. The van der Waals surface area contributed by atoms with Crippen LogP contribution in [0.1, 0.15) is 36.7 Å². The van der Waals surface area contributed by atoms with Crippen molar-refractivity contribution >= 4 is 35.6 Å². The molecule has 0 aliphatic rings. The van der Waals surface area contributed by atoms with Crippen LogP contribution in [0.2, 0.25) is 0 Å². The standard InChI is InChI=1S/C15H18B3NO4/c1-14(2,3)23-13(21)19(15(16,17)18)9-10-5-7-11(8-6-10)12(20)22-4/h5-8H,9H2,1-4H3. The van der Waals surface area contributed by atoms with Crippen LogP contribution in [0.25, 0.3) is 0 Å². The molecule has 1 rings (SSSR count). The van der Waals surface area contributed by atoms with Gasteiger partial charge >= 0.3 is 12.1 Å². The third-order valence-electron chi connectivity index (χ3n) is 2.80. The van der Waals surface area contributed by atoms with Crippen LogP contribution in [0.5, 0.6) is 0 Å². The summed E-state index contributed by atoms with van der Waals surface area (Å²) in [6.45, 7) is 5.19. The molecule has 0 N–H and O–H groups in total. The Morgan fingerprint density at radius 3 is 2.00 bits per heavy atom. The number of esters is 1. The Kier molecular flexibility index (Phi) is 5.97. The summed E-state index contributed by atoms with van der Waals surface area (Å²) in [7, 11) is 18.3. The lowest BCUT2D eigenvalue weighted by Crippen LogP contribution is -2.54. The second-order valence-electron chi connectivity index (χ2n) is 6.14. The van der Waals surface area contributed by atoms with Crippen LogP contribution >= 0.6 is 0 Å². The fourth-order valence-electron chi connectivity index (χ4n) is 1.72. The zero-order valence-electron chi connectivity index (χ0n) is 13.8. The fourth-order valence-corrected chi connectivity index (χ4v) is 1.72. The van der Waals surface area contributed by atoms with Crippen LogP contribution in [-0.2, 0) is 16.0 Å². The third kappa shape index (κ3) is 6.04. The van der Waals surface area contributed by atoms with Gasteiger partial charge in [-0.3, -0.25) is 0 Å². The summed E-state index contributed by atoms with van der Waals surface area (Å²) in [4.78, 5) is 24.6. The van der Waals surface area contributed by atoms with Crippen molar-refractivity contribution in [3.8, 4) is 0 Å². The van der Waals surface area contributed by atoms with Crippen molar-refractivity contribution < 1.29 is 19.1 Å². The number of amides is 1. The number of carbonyl (C=O) groups excluding carboxylic acids is 2. The monoisotopic (exact) mass is 309 g/mol. The van der Waals surface area contributed by atoms with E-state index in [0.29, 0.717) is 11.1 Å². The van der Waals surface area contributed by atoms with Gasteiger partial charge in [-0.25, -0.2) is 9.59 Å². The molecule has 6 radical (unpaired) electrons. The molecule has 1 aromatic rings. The molecule has 8 heteroatoms. The quantitative estimate of drug-likeness (QED) is 0.622. The molecule has 0 unspecified atom stereocenters. The fraction of sp³-hybridized carbons (Fsp3) is 0.467. The largest absolute Gasteiger partial charge is 0.465 e. The van der Waals surface area contributed by atoms with Crippen molar-refractivity contribution in [1.82, 2.24) is 4.90 Å². The van der Waals surface area contributed by atoms with Crippen LogP contribution in [0.3, 0.4) is 0 Å². The van der Waals surface area contributed by atoms with Crippen LogP contribution in [0.15, 0.2) is 24.3 Å². The number of hydrogen-bond donors (Lipinski definition) is 0. The summed E-state index contributed by atoms with van der Waals surface area (Å²) in [5, 5.41) is -1.89. The first-order chi connectivity index (χ1) is 10.4. The first kappa shape index (κ1) is 19.2. The molecule has 0 aliphatic heterocycles. The molecule has 0 heterocycles. The number of rotatable bonds is 4. The highest BCUT2D eigenvalue weighted by atomic mass is 16.6. The Bertz CT molecular complexity index is 562. The van der Waals surface area contributed by atoms with Gasteiger partial charge in [0.25, 0.3) is 0 Å². The van der Waals surface area contributed by atoms with Crippen molar-refractivity contribution in [2.24, 2.45) is 0 Å². The van der Waals surface area contributed by atoms with Gasteiger partial charge in [-0.1, -0.05) is 17.4 Å². The number of benzene rings is 1. The maximum atomic E-state index is 12.2. The molecule has 0 spiro atoms.